The van der Waals surface area contributed by atoms with Gasteiger partial charge in [0.15, 0.2) is 0 Å². The molecule has 5 atom stereocenters. The van der Waals surface area contributed by atoms with Crippen molar-refractivity contribution in [2.75, 3.05) is 0 Å². The lowest BCUT2D eigenvalue weighted by molar-refractivity contribution is 0.141. The predicted molar refractivity (Wildman–Crippen MR) is 43.0 cm³/mol. The van der Waals surface area contributed by atoms with E-state index in [-0.39, 0.29) is 11.4 Å². The normalized spacial score (nSPS) is 59.6. The highest BCUT2D eigenvalue weighted by Crippen LogP contribution is 2.56. The van der Waals surface area contributed by atoms with Crippen LogP contribution in [0.25, 0.3) is 0 Å². The van der Waals surface area contributed by atoms with Crippen molar-refractivity contribution in [3.63, 3.8) is 0 Å². The van der Waals surface area contributed by atoms with Crippen molar-refractivity contribution >= 4 is 10.1 Å². The fourth-order valence-electron chi connectivity index (χ4n) is 3.22. The van der Waals surface area contributed by atoms with Crippen LogP contribution in [0.15, 0.2) is 0 Å². The van der Waals surface area contributed by atoms with Crippen LogP contribution in [-0.4, -0.2) is 19.8 Å². The van der Waals surface area contributed by atoms with Crippen molar-refractivity contribution < 1.29 is 12.6 Å². The van der Waals surface area contributed by atoms with Gasteiger partial charge < -0.3 is 0 Å². The largest absolute Gasteiger partial charge is 0.270 e. The zero-order chi connectivity index (χ0) is 8.51. The summed E-state index contributed by atoms with van der Waals surface area (Å²) < 4.78 is 27.9. The molecule has 0 spiro atoms. The molecule has 2 aliphatic carbocycles. The van der Waals surface area contributed by atoms with E-state index >= 15 is 0 Å². The molecule has 12 heavy (non-hydrogen) atoms. The maximum atomic E-state index is 11.4. The Bertz CT molecular complexity index is 321. The van der Waals surface area contributed by atoms with Gasteiger partial charge in [-0.2, -0.15) is 8.42 Å². The first-order chi connectivity index (χ1) is 5.59. The molecule has 1 saturated heterocycles. The van der Waals surface area contributed by atoms with Gasteiger partial charge >= 0.3 is 0 Å². The van der Waals surface area contributed by atoms with Crippen molar-refractivity contribution in [1.29, 1.82) is 0 Å². The lowest BCUT2D eigenvalue weighted by Crippen LogP contribution is -2.27. The molecular weight excluding hydrogens is 176 g/mol. The Morgan fingerprint density at radius 1 is 1.33 bits per heavy atom. The maximum absolute atomic E-state index is 11.4. The van der Waals surface area contributed by atoms with Crippen LogP contribution in [0.3, 0.4) is 0 Å². The lowest BCUT2D eigenvalue weighted by Gasteiger charge is -2.19. The molecule has 3 rings (SSSR count). The fourth-order valence-corrected chi connectivity index (χ4v) is 5.17. The standard InChI is InChI=1S/C8H12O3S/c1-4-5-2-6-7(3-5)12(9,10)11-8(4)6/h4-8H,2-3H2,1H3/t4?,5-,6?,7?,8?/m0/s1. The van der Waals surface area contributed by atoms with Crippen LogP contribution >= 0.6 is 0 Å². The van der Waals surface area contributed by atoms with Crippen molar-refractivity contribution in [3.8, 4) is 0 Å². The second kappa shape index (κ2) is 1.87. The van der Waals surface area contributed by atoms with E-state index in [9.17, 15) is 8.42 Å². The molecule has 0 radical (unpaired) electrons. The van der Waals surface area contributed by atoms with Crippen LogP contribution in [0.5, 0.6) is 0 Å². The summed E-state index contributed by atoms with van der Waals surface area (Å²) in [5, 5.41) is -0.149. The van der Waals surface area contributed by atoms with Crippen LogP contribution in [-0.2, 0) is 14.3 Å². The van der Waals surface area contributed by atoms with Gasteiger partial charge in [0.25, 0.3) is 10.1 Å². The molecule has 3 fully saturated rings. The molecule has 0 aromatic carbocycles. The summed E-state index contributed by atoms with van der Waals surface area (Å²) >= 11 is 0. The minimum atomic E-state index is -3.16. The molecule has 2 saturated carbocycles. The summed E-state index contributed by atoms with van der Waals surface area (Å²) in [6.07, 6.45) is 1.96. The molecule has 0 amide bonds. The van der Waals surface area contributed by atoms with E-state index in [4.69, 9.17) is 4.18 Å². The average molecular weight is 188 g/mol. The van der Waals surface area contributed by atoms with E-state index in [1.165, 1.54) is 0 Å². The van der Waals surface area contributed by atoms with Gasteiger partial charge in [-0.25, -0.2) is 0 Å². The maximum Gasteiger partial charge on any atom is 0.270 e. The number of rotatable bonds is 0. The van der Waals surface area contributed by atoms with Crippen molar-refractivity contribution in [2.24, 2.45) is 17.8 Å². The molecule has 1 heterocycles. The molecule has 68 valence electrons. The van der Waals surface area contributed by atoms with Gasteiger partial charge in [0, 0.05) is 5.92 Å². The SMILES string of the molecule is CC1C2OS(=O)(=O)C3C[C@@H]1CC23. The zero-order valence-electron chi connectivity index (χ0n) is 6.93. The van der Waals surface area contributed by atoms with Crippen LogP contribution in [0.2, 0.25) is 0 Å². The predicted octanol–water partition coefficient (Wildman–Crippen LogP) is 0.760. The van der Waals surface area contributed by atoms with Gasteiger partial charge in [0.1, 0.15) is 0 Å². The molecule has 0 aromatic heterocycles. The summed E-state index contributed by atoms with van der Waals surface area (Å²) in [4.78, 5) is 0. The lowest BCUT2D eigenvalue weighted by atomic mass is 9.88. The molecular formula is C8H12O3S. The van der Waals surface area contributed by atoms with Gasteiger partial charge in [-0.15, -0.1) is 0 Å². The van der Waals surface area contributed by atoms with Gasteiger partial charge in [-0.05, 0) is 24.7 Å². The second-order valence-corrected chi connectivity index (χ2v) is 6.13. The van der Waals surface area contributed by atoms with Crippen molar-refractivity contribution in [3.05, 3.63) is 0 Å². The van der Waals surface area contributed by atoms with E-state index in [1.54, 1.807) is 0 Å². The van der Waals surface area contributed by atoms with Crippen LogP contribution in [0.4, 0.5) is 0 Å². The summed E-state index contributed by atoms with van der Waals surface area (Å²) in [7, 11) is -3.16. The van der Waals surface area contributed by atoms with E-state index in [1.807, 2.05) is 0 Å². The molecule has 4 heteroatoms. The Hall–Kier alpha value is -0.0900. The third-order valence-corrected chi connectivity index (χ3v) is 5.66. The third-order valence-electron chi connectivity index (χ3n) is 3.89. The molecule has 3 nitrogen and oxygen atoms in total. The van der Waals surface area contributed by atoms with Gasteiger partial charge in [0.2, 0.25) is 0 Å². The van der Waals surface area contributed by atoms with Gasteiger partial charge in [-0.3, -0.25) is 4.18 Å². The third kappa shape index (κ3) is 0.646. The van der Waals surface area contributed by atoms with Crippen LogP contribution in [0.1, 0.15) is 19.8 Å². The average Bonchev–Trinajstić information content (AvgIpc) is 2.54. The minimum Gasteiger partial charge on any atom is -0.266 e. The highest BCUT2D eigenvalue weighted by atomic mass is 32.2. The minimum absolute atomic E-state index is 0.0266. The van der Waals surface area contributed by atoms with E-state index in [0.29, 0.717) is 17.8 Å². The summed E-state index contributed by atoms with van der Waals surface area (Å²) in [5.74, 6) is 1.40. The Morgan fingerprint density at radius 2 is 2.08 bits per heavy atom. The quantitative estimate of drug-likeness (QED) is 0.527. The second-order valence-electron chi connectivity index (χ2n) is 4.35. The Balaban J connectivity index is 2.11. The van der Waals surface area contributed by atoms with Gasteiger partial charge in [0.05, 0.1) is 11.4 Å². The fraction of sp³-hybridized carbons (Fsp3) is 1.00. The first-order valence-corrected chi connectivity index (χ1v) is 5.99. The molecule has 0 N–H and O–H groups in total. The van der Waals surface area contributed by atoms with Crippen LogP contribution < -0.4 is 0 Å². The molecule has 4 unspecified atom stereocenters. The van der Waals surface area contributed by atoms with E-state index < -0.39 is 10.1 Å². The zero-order valence-corrected chi connectivity index (χ0v) is 7.75. The highest BCUT2D eigenvalue weighted by molar-refractivity contribution is 7.87. The molecule has 1 aliphatic heterocycles. The smallest absolute Gasteiger partial charge is 0.266 e. The molecule has 3 aliphatic rings. The van der Waals surface area contributed by atoms with Crippen molar-refractivity contribution in [1.82, 2.24) is 0 Å². The Morgan fingerprint density at radius 3 is 2.67 bits per heavy atom. The molecule has 2 bridgehead atoms. The summed E-state index contributed by atoms with van der Waals surface area (Å²) in [5.41, 5.74) is 0. The Labute approximate surface area is 72.2 Å². The van der Waals surface area contributed by atoms with Crippen molar-refractivity contribution in [2.45, 2.75) is 31.1 Å². The number of hydrogen-bond donors (Lipinski definition) is 0. The topological polar surface area (TPSA) is 43.4 Å². The van der Waals surface area contributed by atoms with Gasteiger partial charge in [-0.1, -0.05) is 6.92 Å². The highest BCUT2D eigenvalue weighted by Gasteiger charge is 2.62. The van der Waals surface area contributed by atoms with E-state index in [0.717, 1.165) is 12.8 Å². The molecule has 0 aromatic rings. The monoisotopic (exact) mass is 188 g/mol. The van der Waals surface area contributed by atoms with Crippen LogP contribution in [0, 0.1) is 17.8 Å². The number of fused-ring (bicyclic) bond motifs is 1. The summed E-state index contributed by atoms with van der Waals surface area (Å²) in [6, 6.07) is 0. The van der Waals surface area contributed by atoms with E-state index in [2.05, 4.69) is 6.92 Å². The summed E-state index contributed by atoms with van der Waals surface area (Å²) in [6.45, 7) is 2.12. The number of hydrogen-bond acceptors (Lipinski definition) is 3. The first-order valence-electron chi connectivity index (χ1n) is 4.52. The first kappa shape index (κ1) is 7.33. The Kier molecular flexibility index (Phi) is 1.14.